The van der Waals surface area contributed by atoms with Crippen molar-refractivity contribution in [2.75, 3.05) is 13.2 Å². The summed E-state index contributed by atoms with van der Waals surface area (Å²) in [5.74, 6) is 0.0741. The molecule has 3 nitrogen and oxygen atoms in total. The summed E-state index contributed by atoms with van der Waals surface area (Å²) < 4.78 is 0. The van der Waals surface area contributed by atoms with Gasteiger partial charge in [0.15, 0.2) is 0 Å². The zero-order valence-corrected chi connectivity index (χ0v) is 14.4. The fourth-order valence-corrected chi connectivity index (χ4v) is 3.24. The molecule has 1 heterocycles. The number of nitrogens with one attached hydrogen (secondary N) is 1. The molecule has 0 aliphatic carbocycles. The summed E-state index contributed by atoms with van der Waals surface area (Å²) >= 11 is 6.21. The van der Waals surface area contributed by atoms with Gasteiger partial charge in [-0.05, 0) is 50.1 Å². The second-order valence-electron chi connectivity index (χ2n) is 6.33. The van der Waals surface area contributed by atoms with Gasteiger partial charge in [0.05, 0.1) is 12.7 Å². The van der Waals surface area contributed by atoms with Crippen molar-refractivity contribution >= 4 is 17.5 Å². The number of amides is 1. The topological polar surface area (TPSA) is 32.3 Å². The molecule has 3 rings (SSSR count). The minimum absolute atomic E-state index is 0.0741. The van der Waals surface area contributed by atoms with Crippen molar-refractivity contribution in [2.24, 2.45) is 0 Å². The number of rotatable bonds is 2. The number of hydrogen-bond acceptors (Lipinski definition) is 2. The van der Waals surface area contributed by atoms with Gasteiger partial charge in [0.2, 0.25) is 0 Å². The first-order chi connectivity index (χ1) is 10.9. The number of carbonyl (C=O) groups excluding carboxylic acids is 1. The number of benzene rings is 2. The summed E-state index contributed by atoms with van der Waals surface area (Å²) in [6.07, 6.45) is 0. The van der Waals surface area contributed by atoms with Crippen LogP contribution in [0, 0.1) is 20.8 Å². The molecule has 0 saturated carbocycles. The van der Waals surface area contributed by atoms with Gasteiger partial charge in [-0.3, -0.25) is 10.1 Å². The van der Waals surface area contributed by atoms with E-state index in [2.05, 4.69) is 17.4 Å². The van der Waals surface area contributed by atoms with Crippen LogP contribution in [-0.4, -0.2) is 24.0 Å². The molecule has 1 amide bonds. The van der Waals surface area contributed by atoms with E-state index in [1.807, 2.05) is 49.9 Å². The number of halogens is 1. The first kappa shape index (κ1) is 16.0. The molecule has 1 fully saturated rings. The van der Waals surface area contributed by atoms with E-state index in [0.717, 1.165) is 32.8 Å². The van der Waals surface area contributed by atoms with Crippen molar-refractivity contribution in [3.8, 4) is 0 Å². The lowest BCUT2D eigenvalue weighted by molar-refractivity contribution is 0.0788. The fourth-order valence-electron chi connectivity index (χ4n) is 3.05. The third kappa shape index (κ3) is 3.41. The lowest BCUT2D eigenvalue weighted by Gasteiger charge is -2.16. The van der Waals surface area contributed by atoms with Gasteiger partial charge >= 0.3 is 0 Å². The Morgan fingerprint density at radius 3 is 2.48 bits per heavy atom. The lowest BCUT2D eigenvalue weighted by Crippen LogP contribution is -2.29. The average molecular weight is 329 g/mol. The van der Waals surface area contributed by atoms with Crippen molar-refractivity contribution in [1.29, 1.82) is 0 Å². The number of hydrogen-bond donors (Lipinski definition) is 1. The minimum Gasteiger partial charge on any atom is -0.324 e. The molecular formula is C19H21ClN2O. The molecule has 23 heavy (non-hydrogen) atoms. The van der Waals surface area contributed by atoms with Crippen LogP contribution in [0.15, 0.2) is 36.4 Å². The smallest absolute Gasteiger partial charge is 0.254 e. The molecule has 1 atom stereocenters. The van der Waals surface area contributed by atoms with Gasteiger partial charge in [0.25, 0.3) is 5.91 Å². The summed E-state index contributed by atoms with van der Waals surface area (Å²) in [5.41, 5.74) is 5.17. The summed E-state index contributed by atoms with van der Waals surface area (Å²) in [5, 5.41) is 4.16. The first-order valence-electron chi connectivity index (χ1n) is 7.81. The highest BCUT2D eigenvalue weighted by Crippen LogP contribution is 2.25. The summed E-state index contributed by atoms with van der Waals surface area (Å²) in [6, 6.07) is 12.2. The number of nitrogens with zero attached hydrogens (tertiary/aromatic N) is 1. The Kier molecular flexibility index (Phi) is 4.42. The Balaban J connectivity index is 1.76. The van der Waals surface area contributed by atoms with Crippen LogP contribution in [0.25, 0.3) is 0 Å². The van der Waals surface area contributed by atoms with Crippen LogP contribution in [0.1, 0.15) is 38.7 Å². The Morgan fingerprint density at radius 2 is 1.83 bits per heavy atom. The van der Waals surface area contributed by atoms with E-state index in [0.29, 0.717) is 13.2 Å². The number of aryl methyl sites for hydroxylation is 3. The first-order valence-corrected chi connectivity index (χ1v) is 8.19. The summed E-state index contributed by atoms with van der Waals surface area (Å²) in [4.78, 5) is 14.6. The number of carbonyl (C=O) groups is 1. The molecule has 1 saturated heterocycles. The van der Waals surface area contributed by atoms with Gasteiger partial charge < -0.3 is 4.90 Å². The quantitative estimate of drug-likeness (QED) is 0.903. The van der Waals surface area contributed by atoms with Gasteiger partial charge in [-0.1, -0.05) is 40.9 Å². The van der Waals surface area contributed by atoms with Gasteiger partial charge in [-0.15, -0.1) is 0 Å². The molecular weight excluding hydrogens is 308 g/mol. The monoisotopic (exact) mass is 328 g/mol. The molecule has 0 aromatic heterocycles. The summed E-state index contributed by atoms with van der Waals surface area (Å²) in [6.45, 7) is 7.24. The van der Waals surface area contributed by atoms with E-state index >= 15 is 0 Å². The Hall–Kier alpha value is -1.84. The highest BCUT2D eigenvalue weighted by Gasteiger charge is 2.27. The molecule has 1 aliphatic heterocycles. The van der Waals surface area contributed by atoms with Gasteiger partial charge in [0, 0.05) is 17.1 Å². The zero-order valence-electron chi connectivity index (χ0n) is 13.7. The highest BCUT2D eigenvalue weighted by atomic mass is 35.5. The van der Waals surface area contributed by atoms with Crippen LogP contribution < -0.4 is 5.32 Å². The van der Waals surface area contributed by atoms with Crippen LogP contribution >= 0.6 is 11.6 Å². The van der Waals surface area contributed by atoms with E-state index in [4.69, 9.17) is 11.6 Å². The van der Waals surface area contributed by atoms with E-state index in [9.17, 15) is 4.79 Å². The minimum atomic E-state index is 0.0741. The van der Waals surface area contributed by atoms with Crippen molar-refractivity contribution in [1.82, 2.24) is 10.2 Å². The largest absolute Gasteiger partial charge is 0.324 e. The van der Waals surface area contributed by atoms with E-state index in [1.165, 1.54) is 0 Å². The molecule has 0 bridgehead atoms. The second kappa shape index (κ2) is 6.34. The van der Waals surface area contributed by atoms with Crippen LogP contribution in [0.5, 0.6) is 0 Å². The molecule has 2 aromatic rings. The van der Waals surface area contributed by atoms with E-state index in [-0.39, 0.29) is 11.9 Å². The predicted octanol–water partition coefficient (Wildman–Crippen LogP) is 4.01. The maximum absolute atomic E-state index is 12.7. The second-order valence-corrected chi connectivity index (χ2v) is 6.73. The normalized spacial score (nSPS) is 17.6. The average Bonchev–Trinajstić information content (AvgIpc) is 2.98. The van der Waals surface area contributed by atoms with Gasteiger partial charge in [0.1, 0.15) is 0 Å². The maximum Gasteiger partial charge on any atom is 0.254 e. The van der Waals surface area contributed by atoms with Gasteiger partial charge in [-0.25, -0.2) is 0 Å². The van der Waals surface area contributed by atoms with Crippen molar-refractivity contribution in [3.05, 3.63) is 69.2 Å². The molecule has 1 aliphatic rings. The molecule has 1 unspecified atom stereocenters. The lowest BCUT2D eigenvalue weighted by atomic mass is 10.0. The van der Waals surface area contributed by atoms with Crippen LogP contribution in [0.2, 0.25) is 5.02 Å². The van der Waals surface area contributed by atoms with Crippen molar-refractivity contribution in [3.63, 3.8) is 0 Å². The van der Waals surface area contributed by atoms with Crippen LogP contribution in [0.4, 0.5) is 0 Å². The Bertz CT molecular complexity index is 737. The van der Waals surface area contributed by atoms with Crippen LogP contribution in [-0.2, 0) is 0 Å². The third-order valence-corrected chi connectivity index (χ3v) is 4.69. The molecule has 120 valence electrons. The molecule has 1 N–H and O–H groups in total. The molecule has 0 spiro atoms. The van der Waals surface area contributed by atoms with Crippen molar-refractivity contribution in [2.45, 2.75) is 26.8 Å². The molecule has 4 heteroatoms. The third-order valence-electron chi connectivity index (χ3n) is 4.29. The van der Waals surface area contributed by atoms with E-state index < -0.39 is 0 Å². The standard InChI is InChI=1S/C19H21ClN2O/c1-12-6-13(2)8-16(7-12)19(23)22-10-18(21-11-22)15-5-4-14(3)17(20)9-15/h4-9,18,21H,10-11H2,1-3H3. The Morgan fingerprint density at radius 1 is 1.13 bits per heavy atom. The van der Waals surface area contributed by atoms with E-state index in [1.54, 1.807) is 0 Å². The fraction of sp³-hybridized carbons (Fsp3) is 0.316. The van der Waals surface area contributed by atoms with Crippen LogP contribution in [0.3, 0.4) is 0 Å². The van der Waals surface area contributed by atoms with Crippen molar-refractivity contribution < 1.29 is 4.79 Å². The molecule has 0 radical (unpaired) electrons. The maximum atomic E-state index is 12.7. The SMILES string of the molecule is Cc1cc(C)cc(C(=O)N2CNC(c3ccc(C)c(Cl)c3)C2)c1. The predicted molar refractivity (Wildman–Crippen MR) is 93.9 cm³/mol. The highest BCUT2D eigenvalue weighted by molar-refractivity contribution is 6.31. The summed E-state index contributed by atoms with van der Waals surface area (Å²) in [7, 11) is 0. The Labute approximate surface area is 142 Å². The zero-order chi connectivity index (χ0) is 16.6. The van der Waals surface area contributed by atoms with Gasteiger partial charge in [-0.2, -0.15) is 0 Å². The molecule has 2 aromatic carbocycles.